The topological polar surface area (TPSA) is 66.6 Å². The van der Waals surface area contributed by atoms with Crippen molar-refractivity contribution in [3.63, 3.8) is 0 Å². The van der Waals surface area contributed by atoms with Gasteiger partial charge in [-0.25, -0.2) is 0 Å². The molecule has 2 amide bonds. The summed E-state index contributed by atoms with van der Waals surface area (Å²) in [6.45, 7) is 4.39. The van der Waals surface area contributed by atoms with Crippen molar-refractivity contribution < 1.29 is 9.59 Å². The average Bonchev–Trinajstić information content (AvgIpc) is 2.41. The lowest BCUT2D eigenvalue weighted by Crippen LogP contribution is -2.63. The highest BCUT2D eigenvalue weighted by Gasteiger charge is 2.43. The van der Waals surface area contributed by atoms with Crippen molar-refractivity contribution in [2.45, 2.75) is 19.4 Å². The summed E-state index contributed by atoms with van der Waals surface area (Å²) in [7, 11) is 1.73. The molecule has 1 saturated heterocycles. The second kappa shape index (κ2) is 5.39. The Morgan fingerprint density at radius 1 is 1.24 bits per heavy atom. The molecule has 1 heterocycles. The molecular formula is C14H17Cl2N3O2. The fraction of sp³-hybridized carbons (Fsp3) is 0.429. The van der Waals surface area contributed by atoms with Crippen molar-refractivity contribution in [1.29, 1.82) is 0 Å². The molecule has 0 aliphatic carbocycles. The molecule has 0 spiro atoms. The number of hydrogen-bond donors (Lipinski definition) is 1. The number of likely N-dealkylation sites (N-methyl/N-ethyl adjacent to an activating group) is 1. The van der Waals surface area contributed by atoms with Crippen molar-refractivity contribution in [1.82, 2.24) is 9.80 Å². The molecular weight excluding hydrogens is 313 g/mol. The maximum absolute atomic E-state index is 12.7. The zero-order valence-electron chi connectivity index (χ0n) is 12.1. The Morgan fingerprint density at radius 2 is 1.76 bits per heavy atom. The lowest BCUT2D eigenvalue weighted by molar-refractivity contribution is -0.144. The Kier molecular flexibility index (Phi) is 4.08. The molecule has 1 aliphatic rings. The van der Waals surface area contributed by atoms with Gasteiger partial charge in [-0.15, -0.1) is 0 Å². The second-order valence-corrected chi connectivity index (χ2v) is 6.41. The molecule has 5 nitrogen and oxygen atoms in total. The fourth-order valence-electron chi connectivity index (χ4n) is 2.43. The van der Waals surface area contributed by atoms with E-state index in [1.165, 1.54) is 17.0 Å². The number of anilines is 1. The van der Waals surface area contributed by atoms with E-state index in [9.17, 15) is 9.59 Å². The van der Waals surface area contributed by atoms with Crippen LogP contribution in [0.4, 0.5) is 5.69 Å². The van der Waals surface area contributed by atoms with Gasteiger partial charge in [0.05, 0.1) is 15.7 Å². The van der Waals surface area contributed by atoms with Crippen molar-refractivity contribution >= 4 is 40.7 Å². The van der Waals surface area contributed by atoms with Gasteiger partial charge in [-0.2, -0.15) is 0 Å². The number of halogens is 2. The summed E-state index contributed by atoms with van der Waals surface area (Å²) in [4.78, 5) is 28.1. The van der Waals surface area contributed by atoms with Crippen molar-refractivity contribution in [2.75, 3.05) is 25.9 Å². The van der Waals surface area contributed by atoms with Gasteiger partial charge in [0.25, 0.3) is 5.91 Å². The number of benzene rings is 1. The minimum Gasteiger partial charge on any atom is -0.396 e. The summed E-state index contributed by atoms with van der Waals surface area (Å²) >= 11 is 11.9. The first kappa shape index (κ1) is 15.9. The number of carbonyl (C=O) groups excluding carboxylic acids is 2. The van der Waals surface area contributed by atoms with Crippen LogP contribution >= 0.6 is 23.2 Å². The Hall–Kier alpha value is -1.46. The molecule has 1 aromatic carbocycles. The molecule has 0 unspecified atom stereocenters. The van der Waals surface area contributed by atoms with Crippen LogP contribution in [0.25, 0.3) is 0 Å². The van der Waals surface area contributed by atoms with Crippen LogP contribution in [0.2, 0.25) is 10.0 Å². The normalized spacial score (nSPS) is 18.0. The van der Waals surface area contributed by atoms with Gasteiger partial charge in [-0.1, -0.05) is 23.2 Å². The molecule has 7 heteroatoms. The summed E-state index contributed by atoms with van der Waals surface area (Å²) in [6, 6.07) is 2.95. The number of piperazine rings is 1. The van der Waals surface area contributed by atoms with Crippen molar-refractivity contribution in [2.24, 2.45) is 0 Å². The smallest absolute Gasteiger partial charge is 0.254 e. The van der Waals surface area contributed by atoms with Crippen molar-refractivity contribution in [3.8, 4) is 0 Å². The second-order valence-electron chi connectivity index (χ2n) is 5.60. The van der Waals surface area contributed by atoms with Gasteiger partial charge in [-0.3, -0.25) is 9.59 Å². The number of nitrogens with two attached hydrogens (primary N) is 1. The van der Waals surface area contributed by atoms with E-state index < -0.39 is 5.54 Å². The monoisotopic (exact) mass is 329 g/mol. The summed E-state index contributed by atoms with van der Waals surface area (Å²) in [6.07, 6.45) is 0. The Balaban J connectivity index is 2.38. The minimum atomic E-state index is -0.912. The molecule has 1 aromatic rings. The lowest BCUT2D eigenvalue weighted by Gasteiger charge is -2.44. The van der Waals surface area contributed by atoms with Gasteiger partial charge in [0.2, 0.25) is 5.91 Å². The zero-order chi connectivity index (χ0) is 15.9. The van der Waals surface area contributed by atoms with Crippen LogP contribution in [-0.4, -0.2) is 47.3 Å². The first-order chi connectivity index (χ1) is 9.66. The molecule has 0 radical (unpaired) electrons. The average molecular weight is 330 g/mol. The molecule has 21 heavy (non-hydrogen) atoms. The number of carbonyl (C=O) groups is 2. The first-order valence-electron chi connectivity index (χ1n) is 6.48. The SMILES string of the molecule is CN1CCN(C(=O)c2cc(Cl)c(N)c(Cl)c2)C(C)(C)C1=O. The van der Waals surface area contributed by atoms with Gasteiger partial charge in [0.1, 0.15) is 5.54 Å². The highest BCUT2D eigenvalue weighted by atomic mass is 35.5. The molecule has 0 aromatic heterocycles. The van der Waals surface area contributed by atoms with Gasteiger partial charge in [0, 0.05) is 25.7 Å². The number of nitrogens with zero attached hydrogens (tertiary/aromatic N) is 2. The van der Waals surface area contributed by atoms with E-state index >= 15 is 0 Å². The highest BCUT2D eigenvalue weighted by Crippen LogP contribution is 2.31. The minimum absolute atomic E-state index is 0.102. The third kappa shape index (κ3) is 2.68. The maximum Gasteiger partial charge on any atom is 0.254 e. The van der Waals surface area contributed by atoms with E-state index in [0.29, 0.717) is 18.7 Å². The van der Waals surface area contributed by atoms with Gasteiger partial charge < -0.3 is 15.5 Å². The number of nitrogen functional groups attached to an aromatic ring is 1. The highest BCUT2D eigenvalue weighted by molar-refractivity contribution is 6.39. The fourth-order valence-corrected chi connectivity index (χ4v) is 2.92. The summed E-state index contributed by atoms with van der Waals surface area (Å²) in [5.41, 5.74) is 5.32. The molecule has 0 bridgehead atoms. The molecule has 0 saturated carbocycles. The molecule has 1 fully saturated rings. The van der Waals surface area contributed by atoms with Crippen LogP contribution in [0.1, 0.15) is 24.2 Å². The Bertz CT molecular complexity index is 593. The van der Waals surface area contributed by atoms with Crippen LogP contribution in [0.5, 0.6) is 0 Å². The molecule has 2 N–H and O–H groups in total. The van der Waals surface area contributed by atoms with Crippen LogP contribution < -0.4 is 5.73 Å². The largest absolute Gasteiger partial charge is 0.396 e. The van der Waals surface area contributed by atoms with Gasteiger partial charge in [-0.05, 0) is 26.0 Å². The van der Waals surface area contributed by atoms with E-state index in [4.69, 9.17) is 28.9 Å². The van der Waals surface area contributed by atoms with Crippen molar-refractivity contribution in [3.05, 3.63) is 27.7 Å². The van der Waals surface area contributed by atoms with E-state index in [0.717, 1.165) is 0 Å². The Morgan fingerprint density at radius 3 is 2.29 bits per heavy atom. The first-order valence-corrected chi connectivity index (χ1v) is 7.24. The lowest BCUT2D eigenvalue weighted by atomic mass is 9.96. The van der Waals surface area contributed by atoms with Crippen LogP contribution in [-0.2, 0) is 4.79 Å². The molecule has 1 aliphatic heterocycles. The van der Waals surface area contributed by atoms with Crippen LogP contribution in [0.3, 0.4) is 0 Å². The summed E-state index contributed by atoms with van der Waals surface area (Å²) in [5, 5.41) is 0.452. The third-order valence-corrected chi connectivity index (χ3v) is 4.40. The predicted octanol–water partition coefficient (Wildman–Crippen LogP) is 2.27. The van der Waals surface area contributed by atoms with Gasteiger partial charge >= 0.3 is 0 Å². The number of rotatable bonds is 1. The summed E-state index contributed by atoms with van der Waals surface area (Å²) < 4.78 is 0. The third-order valence-electron chi connectivity index (χ3n) is 3.78. The molecule has 0 atom stereocenters. The Labute approximate surface area is 133 Å². The van der Waals surface area contributed by atoms with E-state index in [2.05, 4.69) is 0 Å². The molecule has 2 rings (SSSR count). The van der Waals surface area contributed by atoms with Gasteiger partial charge in [0.15, 0.2) is 0 Å². The van der Waals surface area contributed by atoms with E-state index in [1.807, 2.05) is 0 Å². The van der Waals surface area contributed by atoms with Crippen LogP contribution in [0, 0.1) is 0 Å². The van der Waals surface area contributed by atoms with E-state index in [-0.39, 0.29) is 27.5 Å². The zero-order valence-corrected chi connectivity index (χ0v) is 13.6. The quantitative estimate of drug-likeness (QED) is 0.803. The van der Waals surface area contributed by atoms with E-state index in [1.54, 1.807) is 25.8 Å². The van der Waals surface area contributed by atoms with Crippen LogP contribution in [0.15, 0.2) is 12.1 Å². The molecule has 114 valence electrons. The maximum atomic E-state index is 12.7. The summed E-state index contributed by atoms with van der Waals surface area (Å²) in [5.74, 6) is -0.389. The predicted molar refractivity (Wildman–Crippen MR) is 83.6 cm³/mol. The number of hydrogen-bond acceptors (Lipinski definition) is 3. The number of amides is 2. The standard InChI is InChI=1S/C14H17Cl2N3O2/c1-14(2)13(21)18(3)4-5-19(14)12(20)8-6-9(15)11(17)10(16)7-8/h6-7H,4-5,17H2,1-3H3.